The Hall–Kier alpha value is -4.64. The van der Waals surface area contributed by atoms with Crippen molar-refractivity contribution in [3.63, 3.8) is 0 Å². The summed E-state index contributed by atoms with van der Waals surface area (Å²) in [6.07, 6.45) is -0.937. The lowest BCUT2D eigenvalue weighted by molar-refractivity contribution is -0.268. The minimum absolute atomic E-state index is 0.0116. The Balaban J connectivity index is 1.04. The summed E-state index contributed by atoms with van der Waals surface area (Å²) < 4.78 is 15.6. The first kappa shape index (κ1) is 32.6. The van der Waals surface area contributed by atoms with Crippen molar-refractivity contribution in [1.29, 1.82) is 0 Å². The van der Waals surface area contributed by atoms with E-state index in [1.807, 2.05) is 91.0 Å². The minimum Gasteiger partial charge on any atom is -0.392 e. The molecule has 0 aliphatic carbocycles. The quantitative estimate of drug-likeness (QED) is 0.119. The van der Waals surface area contributed by atoms with Crippen LogP contribution in [0, 0.1) is 5.92 Å². The molecule has 250 valence electrons. The first-order chi connectivity index (χ1) is 24.5. The van der Waals surface area contributed by atoms with Gasteiger partial charge in [-0.05, 0) is 52.1 Å². The molecule has 1 N–H and O–H groups in total. The Morgan fingerprint density at radius 1 is 0.760 bits per heavy atom. The van der Waals surface area contributed by atoms with Crippen molar-refractivity contribution in [1.82, 2.24) is 9.88 Å². The fraction of sp³-hybridized carbons (Fsp3) is 0.195. The van der Waals surface area contributed by atoms with Gasteiger partial charge in [0.2, 0.25) is 0 Å². The van der Waals surface area contributed by atoms with Gasteiger partial charge in [0.1, 0.15) is 0 Å². The number of para-hydroxylation sites is 1. The summed E-state index contributed by atoms with van der Waals surface area (Å²) in [4.78, 5) is 32.4. The van der Waals surface area contributed by atoms with E-state index in [1.165, 1.54) is 9.60 Å². The smallest absolute Gasteiger partial charge is 0.261 e. The highest BCUT2D eigenvalue weighted by molar-refractivity contribution is 8.01. The zero-order valence-electron chi connectivity index (χ0n) is 27.3. The van der Waals surface area contributed by atoms with Gasteiger partial charge in [-0.3, -0.25) is 14.5 Å². The van der Waals surface area contributed by atoms with Crippen molar-refractivity contribution in [2.24, 2.45) is 5.92 Å². The van der Waals surface area contributed by atoms with Gasteiger partial charge in [-0.25, -0.2) is 4.98 Å². The maximum Gasteiger partial charge on any atom is 0.261 e. The van der Waals surface area contributed by atoms with Crippen LogP contribution < -0.4 is 0 Å². The molecule has 7 nitrogen and oxygen atoms in total. The molecule has 1 aromatic heterocycles. The number of fused-ring (bicyclic) bond motifs is 2. The van der Waals surface area contributed by atoms with Gasteiger partial charge < -0.3 is 14.6 Å². The van der Waals surface area contributed by atoms with E-state index in [1.54, 1.807) is 47.4 Å². The van der Waals surface area contributed by atoms with E-state index in [2.05, 4.69) is 13.0 Å². The first-order valence-corrected chi connectivity index (χ1v) is 18.4. The van der Waals surface area contributed by atoms with Crippen LogP contribution in [0.3, 0.4) is 0 Å². The molecule has 3 heterocycles. The molecule has 9 heteroatoms. The van der Waals surface area contributed by atoms with E-state index in [9.17, 15) is 14.7 Å². The van der Waals surface area contributed by atoms with Crippen molar-refractivity contribution in [3.8, 4) is 11.1 Å². The SMILES string of the molecule is C[C@H]1[C@@H](CSc2nc3ccccc3s2)O[C@@H](c2ccc(-c3ccccc3CN3C(=O)c4ccccc4C3=O)cc2)O[C@H]1c1ccc(CO)cc1. The molecular formula is C41H34N2O5S2. The van der Waals surface area contributed by atoms with Crippen molar-refractivity contribution >= 4 is 45.1 Å². The molecule has 4 atom stereocenters. The van der Waals surface area contributed by atoms with E-state index in [0.29, 0.717) is 11.1 Å². The summed E-state index contributed by atoms with van der Waals surface area (Å²) in [6, 6.07) is 39.1. The lowest BCUT2D eigenvalue weighted by Crippen LogP contribution is -2.38. The second-order valence-corrected chi connectivity index (χ2v) is 14.9. The lowest BCUT2D eigenvalue weighted by atomic mass is 9.91. The number of benzene rings is 5. The lowest BCUT2D eigenvalue weighted by Gasteiger charge is -2.41. The normalized spacial score (nSPS) is 20.4. The molecule has 0 saturated carbocycles. The molecule has 0 unspecified atom stereocenters. The molecule has 8 rings (SSSR count). The molecule has 6 aromatic rings. The molecule has 0 bridgehead atoms. The summed E-state index contributed by atoms with van der Waals surface area (Å²) in [5, 5.41) is 9.62. The van der Waals surface area contributed by atoms with Gasteiger partial charge in [0.15, 0.2) is 10.6 Å². The van der Waals surface area contributed by atoms with Gasteiger partial charge in [0.25, 0.3) is 11.8 Å². The van der Waals surface area contributed by atoms with E-state index >= 15 is 0 Å². The predicted molar refractivity (Wildman–Crippen MR) is 196 cm³/mol. The van der Waals surface area contributed by atoms with E-state index < -0.39 is 6.29 Å². The van der Waals surface area contributed by atoms with E-state index in [-0.39, 0.29) is 43.1 Å². The fourth-order valence-electron chi connectivity index (χ4n) is 6.69. The largest absolute Gasteiger partial charge is 0.392 e. The van der Waals surface area contributed by atoms with E-state index in [4.69, 9.17) is 14.5 Å². The fourth-order valence-corrected chi connectivity index (χ4v) is 8.95. The number of carbonyl (C=O) groups excluding carboxylic acids is 2. The number of imide groups is 1. The average molecular weight is 699 g/mol. The maximum absolute atomic E-state index is 13.1. The monoisotopic (exact) mass is 698 g/mol. The first-order valence-electron chi connectivity index (χ1n) is 16.6. The number of nitrogens with zero attached hydrogens (tertiary/aromatic N) is 2. The standard InChI is InChI=1S/C41H34N2O5S2/c1-25-35(24-49-41-42-34-12-6-7-13-36(34)50-41)47-40(48-37(25)28-16-14-26(23-44)15-17-28)29-20-18-27(19-21-29)31-9-3-2-8-30(31)22-43-38(45)32-10-4-5-11-33(32)39(43)46/h2-21,25,35,37,40,44H,22-24H2,1H3/t25-,35+,37+,40+/m0/s1. The number of aliphatic hydroxyl groups excluding tert-OH is 1. The van der Waals surface area contributed by atoms with Crippen molar-refractivity contribution in [3.05, 3.63) is 155 Å². The number of aliphatic hydroxyl groups is 1. The molecule has 50 heavy (non-hydrogen) atoms. The van der Waals surface area contributed by atoms with Crippen LogP contribution in [0.1, 0.15) is 62.3 Å². The maximum atomic E-state index is 13.1. The van der Waals surface area contributed by atoms with Gasteiger partial charge >= 0.3 is 0 Å². The predicted octanol–water partition coefficient (Wildman–Crippen LogP) is 8.84. The third kappa shape index (κ3) is 6.27. The Kier molecular flexibility index (Phi) is 9.07. The molecule has 5 aromatic carbocycles. The van der Waals surface area contributed by atoms with Crippen LogP contribution >= 0.6 is 23.1 Å². The van der Waals surface area contributed by atoms with Crippen molar-refractivity contribution in [2.45, 2.75) is 42.9 Å². The Labute approximate surface area is 298 Å². The number of aromatic nitrogens is 1. The third-order valence-electron chi connectivity index (χ3n) is 9.49. The third-order valence-corrected chi connectivity index (χ3v) is 11.8. The minimum atomic E-state index is -0.600. The van der Waals surface area contributed by atoms with Gasteiger partial charge in [0.05, 0.1) is 46.7 Å². The zero-order valence-corrected chi connectivity index (χ0v) is 28.9. The number of thiazole rings is 1. The highest BCUT2D eigenvalue weighted by atomic mass is 32.2. The number of rotatable bonds is 9. The van der Waals surface area contributed by atoms with Gasteiger partial charge in [0, 0.05) is 17.2 Å². The molecular weight excluding hydrogens is 665 g/mol. The summed E-state index contributed by atoms with van der Waals surface area (Å²) >= 11 is 3.40. The molecule has 2 aliphatic rings. The Morgan fingerprint density at radius 2 is 1.40 bits per heavy atom. The average Bonchev–Trinajstić information content (AvgIpc) is 3.69. The van der Waals surface area contributed by atoms with Crippen LogP contribution in [0.5, 0.6) is 0 Å². The molecule has 0 spiro atoms. The Bertz CT molecular complexity index is 2110. The number of thioether (sulfide) groups is 1. The second-order valence-electron chi connectivity index (χ2n) is 12.6. The highest BCUT2D eigenvalue weighted by Gasteiger charge is 2.39. The summed E-state index contributed by atoms with van der Waals surface area (Å²) in [5.41, 5.74) is 7.47. The molecule has 1 fully saturated rings. The van der Waals surface area contributed by atoms with E-state index in [0.717, 1.165) is 49.0 Å². The van der Waals surface area contributed by atoms with Crippen LogP contribution in [0.15, 0.2) is 126 Å². The van der Waals surface area contributed by atoms with Crippen molar-refractivity contribution in [2.75, 3.05) is 5.75 Å². The van der Waals surface area contributed by atoms with Crippen molar-refractivity contribution < 1.29 is 24.2 Å². The van der Waals surface area contributed by atoms with Crippen LogP contribution in [-0.4, -0.2) is 38.7 Å². The number of ether oxygens (including phenoxy) is 2. The molecule has 2 aliphatic heterocycles. The molecule has 1 saturated heterocycles. The zero-order chi connectivity index (χ0) is 34.2. The van der Waals surface area contributed by atoms with Gasteiger partial charge in [-0.2, -0.15) is 0 Å². The number of hydrogen-bond donors (Lipinski definition) is 1. The summed E-state index contributed by atoms with van der Waals surface area (Å²) in [6.45, 7) is 2.34. The summed E-state index contributed by atoms with van der Waals surface area (Å²) in [7, 11) is 0. The Morgan fingerprint density at radius 3 is 2.10 bits per heavy atom. The molecule has 0 radical (unpaired) electrons. The summed E-state index contributed by atoms with van der Waals surface area (Å²) in [5.74, 6) is 0.234. The van der Waals surface area contributed by atoms with Crippen LogP contribution in [0.4, 0.5) is 0 Å². The number of hydrogen-bond acceptors (Lipinski definition) is 8. The van der Waals surface area contributed by atoms with Crippen LogP contribution in [0.2, 0.25) is 0 Å². The number of amides is 2. The number of carbonyl (C=O) groups is 2. The second kappa shape index (κ2) is 13.9. The molecule has 2 amide bonds. The van der Waals surface area contributed by atoms with Crippen LogP contribution in [-0.2, 0) is 22.6 Å². The van der Waals surface area contributed by atoms with Gasteiger partial charge in [-0.1, -0.05) is 116 Å². The van der Waals surface area contributed by atoms with Crippen LogP contribution in [0.25, 0.3) is 21.3 Å². The van der Waals surface area contributed by atoms with Gasteiger partial charge in [-0.15, -0.1) is 11.3 Å². The highest BCUT2D eigenvalue weighted by Crippen LogP contribution is 2.44. The topological polar surface area (TPSA) is 89.0 Å².